The van der Waals surface area contributed by atoms with Gasteiger partial charge in [-0.05, 0) is 44.2 Å². The lowest BCUT2D eigenvalue weighted by Crippen LogP contribution is -2.35. The average molecular weight is 452 g/mol. The molecule has 1 aromatic carbocycles. The summed E-state index contributed by atoms with van der Waals surface area (Å²) in [4.78, 5) is 26.7. The summed E-state index contributed by atoms with van der Waals surface area (Å²) in [7, 11) is 0. The fraction of sp³-hybridized carbons (Fsp3) is 0.560. The van der Waals surface area contributed by atoms with Gasteiger partial charge in [0.05, 0.1) is 24.0 Å². The Balaban J connectivity index is 1.45. The Hall–Kier alpha value is -2.87. The minimum absolute atomic E-state index is 0.216. The van der Waals surface area contributed by atoms with E-state index in [9.17, 15) is 9.90 Å². The molecule has 8 nitrogen and oxygen atoms in total. The Bertz CT molecular complexity index is 1160. The molecule has 2 aromatic heterocycles. The van der Waals surface area contributed by atoms with Crippen LogP contribution in [-0.4, -0.2) is 50.3 Å². The number of anilines is 1. The minimum Gasteiger partial charge on any atom is -0.493 e. The first kappa shape index (κ1) is 21.9. The predicted molar refractivity (Wildman–Crippen MR) is 128 cm³/mol. The first-order valence-corrected chi connectivity index (χ1v) is 12.2. The number of fused-ring (bicyclic) bond motifs is 1. The van der Waals surface area contributed by atoms with Gasteiger partial charge in [0.2, 0.25) is 0 Å². The highest BCUT2D eigenvalue weighted by atomic mass is 16.5. The number of piperidine rings is 1. The van der Waals surface area contributed by atoms with Crippen molar-refractivity contribution in [1.82, 2.24) is 19.4 Å². The number of H-pyrrole nitrogens is 1. The third kappa shape index (κ3) is 4.76. The number of rotatable bonds is 6. The second-order valence-electron chi connectivity index (χ2n) is 9.45. The Kier molecular flexibility index (Phi) is 6.35. The van der Waals surface area contributed by atoms with E-state index in [0.717, 1.165) is 55.3 Å². The van der Waals surface area contributed by atoms with Gasteiger partial charge in [0, 0.05) is 24.8 Å². The number of nitrogens with one attached hydrogen (secondary N) is 1. The third-order valence-electron chi connectivity index (χ3n) is 7.14. The largest absolute Gasteiger partial charge is 0.493 e. The molecule has 1 aliphatic heterocycles. The van der Waals surface area contributed by atoms with E-state index in [-0.39, 0.29) is 11.8 Å². The zero-order valence-electron chi connectivity index (χ0n) is 19.3. The van der Waals surface area contributed by atoms with Gasteiger partial charge in [0.25, 0.3) is 0 Å². The normalized spacial score (nSPS) is 18.2. The molecule has 1 aliphatic carbocycles. The molecule has 0 radical (unpaired) electrons. The standard InChI is InChI=1S/C25H33N5O3/c1-17-24-27-23(28-25(32)30(24)16-26-17)21-8-7-19(29-12-9-20(31)10-13-29)15-22(21)33-14-11-18-5-3-2-4-6-18/h7-8,15-16,18,20,31H,2-6,9-14H2,1H3,(H,27,28,32). The van der Waals surface area contributed by atoms with Gasteiger partial charge in [-0.15, -0.1) is 0 Å². The van der Waals surface area contributed by atoms with Gasteiger partial charge < -0.3 is 14.7 Å². The molecule has 1 saturated carbocycles. The molecule has 0 bridgehead atoms. The van der Waals surface area contributed by atoms with Crippen LogP contribution < -0.4 is 15.3 Å². The van der Waals surface area contributed by atoms with Crippen LogP contribution in [0.3, 0.4) is 0 Å². The van der Waals surface area contributed by atoms with Gasteiger partial charge >= 0.3 is 5.69 Å². The smallest absolute Gasteiger partial charge is 0.334 e. The summed E-state index contributed by atoms with van der Waals surface area (Å²) < 4.78 is 7.78. The maximum atomic E-state index is 12.6. The topological polar surface area (TPSA) is 95.8 Å². The first-order chi connectivity index (χ1) is 16.1. The number of imidazole rings is 1. The average Bonchev–Trinajstić information content (AvgIpc) is 3.21. The molecule has 0 amide bonds. The Morgan fingerprint density at radius 3 is 2.73 bits per heavy atom. The van der Waals surface area contributed by atoms with Gasteiger partial charge in [-0.3, -0.25) is 4.98 Å². The van der Waals surface area contributed by atoms with E-state index in [1.165, 1.54) is 42.8 Å². The lowest BCUT2D eigenvalue weighted by Gasteiger charge is -2.32. The molecule has 5 rings (SSSR count). The second-order valence-corrected chi connectivity index (χ2v) is 9.45. The fourth-order valence-electron chi connectivity index (χ4n) is 5.10. The van der Waals surface area contributed by atoms with E-state index < -0.39 is 0 Å². The van der Waals surface area contributed by atoms with Crippen LogP contribution in [0.5, 0.6) is 5.75 Å². The van der Waals surface area contributed by atoms with Crippen molar-refractivity contribution >= 4 is 11.3 Å². The molecular weight excluding hydrogens is 418 g/mol. The summed E-state index contributed by atoms with van der Waals surface area (Å²) in [6.07, 6.45) is 10.4. The van der Waals surface area contributed by atoms with Crippen LogP contribution in [-0.2, 0) is 0 Å². The molecule has 0 unspecified atom stereocenters. The van der Waals surface area contributed by atoms with Crippen molar-refractivity contribution in [3.63, 3.8) is 0 Å². The van der Waals surface area contributed by atoms with Gasteiger partial charge in [-0.25, -0.2) is 19.2 Å². The van der Waals surface area contributed by atoms with Crippen molar-refractivity contribution in [2.75, 3.05) is 24.6 Å². The first-order valence-electron chi connectivity index (χ1n) is 12.2. The molecule has 2 aliphatic rings. The zero-order chi connectivity index (χ0) is 22.8. The van der Waals surface area contributed by atoms with E-state index in [2.05, 4.69) is 27.0 Å². The quantitative estimate of drug-likeness (QED) is 0.593. The maximum Gasteiger partial charge on any atom is 0.334 e. The maximum absolute atomic E-state index is 12.6. The minimum atomic E-state index is -0.266. The molecule has 1 saturated heterocycles. The number of aromatic nitrogens is 4. The van der Waals surface area contributed by atoms with Gasteiger partial charge in [-0.2, -0.15) is 0 Å². The highest BCUT2D eigenvalue weighted by Crippen LogP contribution is 2.34. The molecule has 176 valence electrons. The van der Waals surface area contributed by atoms with Crippen molar-refractivity contribution in [3.8, 4) is 17.1 Å². The predicted octanol–water partition coefficient (Wildman–Crippen LogP) is 3.70. The van der Waals surface area contributed by atoms with Crippen LogP contribution in [0.2, 0.25) is 0 Å². The molecule has 2 N–H and O–H groups in total. The molecule has 2 fully saturated rings. The van der Waals surface area contributed by atoms with E-state index in [4.69, 9.17) is 9.72 Å². The molecule has 3 heterocycles. The summed E-state index contributed by atoms with van der Waals surface area (Å²) in [6, 6.07) is 6.09. The SMILES string of the molecule is Cc1ncn2c(=O)[nH]c(-c3ccc(N4CCC(O)CC4)cc3OCCC3CCCCC3)nc12. The van der Waals surface area contributed by atoms with E-state index in [1.54, 1.807) is 0 Å². The van der Waals surface area contributed by atoms with Crippen LogP contribution in [0.1, 0.15) is 57.1 Å². The Morgan fingerprint density at radius 1 is 1.15 bits per heavy atom. The summed E-state index contributed by atoms with van der Waals surface area (Å²) >= 11 is 0. The van der Waals surface area contributed by atoms with Crippen molar-refractivity contribution in [2.45, 2.75) is 64.4 Å². The molecule has 33 heavy (non-hydrogen) atoms. The molecular formula is C25H33N5O3. The number of ether oxygens (including phenoxy) is 1. The molecule has 0 spiro atoms. The summed E-state index contributed by atoms with van der Waals surface area (Å²) in [5.74, 6) is 1.96. The zero-order valence-corrected chi connectivity index (χ0v) is 19.3. The van der Waals surface area contributed by atoms with Crippen LogP contribution in [0.4, 0.5) is 5.69 Å². The Morgan fingerprint density at radius 2 is 1.94 bits per heavy atom. The highest BCUT2D eigenvalue weighted by Gasteiger charge is 2.20. The second kappa shape index (κ2) is 9.55. The van der Waals surface area contributed by atoms with Crippen LogP contribution >= 0.6 is 0 Å². The van der Waals surface area contributed by atoms with Crippen LogP contribution in [0, 0.1) is 12.8 Å². The van der Waals surface area contributed by atoms with Gasteiger partial charge in [0.15, 0.2) is 5.65 Å². The van der Waals surface area contributed by atoms with Crippen molar-refractivity contribution in [1.29, 1.82) is 0 Å². The molecule has 3 aromatic rings. The number of nitrogens with zero attached hydrogens (tertiary/aromatic N) is 4. The van der Waals surface area contributed by atoms with Gasteiger partial charge in [-0.1, -0.05) is 32.1 Å². The van der Waals surface area contributed by atoms with Crippen molar-refractivity contribution in [3.05, 3.63) is 40.7 Å². The van der Waals surface area contributed by atoms with Crippen LogP contribution in [0.25, 0.3) is 17.0 Å². The summed E-state index contributed by atoms with van der Waals surface area (Å²) in [6.45, 7) is 4.13. The number of hydrogen-bond donors (Lipinski definition) is 2. The number of aryl methyl sites for hydroxylation is 1. The monoisotopic (exact) mass is 451 g/mol. The summed E-state index contributed by atoms with van der Waals surface area (Å²) in [5.41, 5.74) is 2.85. The van der Waals surface area contributed by atoms with E-state index >= 15 is 0 Å². The van der Waals surface area contributed by atoms with Crippen molar-refractivity contribution in [2.24, 2.45) is 5.92 Å². The number of hydrogen-bond acceptors (Lipinski definition) is 6. The van der Waals surface area contributed by atoms with Crippen molar-refractivity contribution < 1.29 is 9.84 Å². The van der Waals surface area contributed by atoms with Gasteiger partial charge in [0.1, 0.15) is 17.9 Å². The lowest BCUT2D eigenvalue weighted by atomic mass is 9.87. The number of aliphatic hydroxyl groups excluding tert-OH is 1. The lowest BCUT2D eigenvalue weighted by molar-refractivity contribution is 0.145. The number of aromatic amines is 1. The Labute approximate surface area is 193 Å². The summed E-state index contributed by atoms with van der Waals surface area (Å²) in [5, 5.41) is 9.88. The number of aliphatic hydroxyl groups is 1. The number of benzene rings is 1. The third-order valence-corrected chi connectivity index (χ3v) is 7.14. The van der Waals surface area contributed by atoms with E-state index in [0.29, 0.717) is 23.8 Å². The highest BCUT2D eigenvalue weighted by molar-refractivity contribution is 5.70. The fourth-order valence-corrected chi connectivity index (χ4v) is 5.10. The molecule has 8 heteroatoms. The molecule has 0 atom stereocenters. The van der Waals surface area contributed by atoms with E-state index in [1.807, 2.05) is 13.0 Å². The van der Waals surface area contributed by atoms with Crippen LogP contribution in [0.15, 0.2) is 29.3 Å².